The van der Waals surface area contributed by atoms with Crippen molar-refractivity contribution in [2.24, 2.45) is 10.6 Å². The van der Waals surface area contributed by atoms with Crippen LogP contribution in [-0.4, -0.2) is 10.9 Å². The lowest BCUT2D eigenvalue weighted by atomic mass is 9.79. The number of hydrogen-bond acceptors (Lipinski definition) is 2. The van der Waals surface area contributed by atoms with Gasteiger partial charge in [-0.2, -0.15) is 0 Å². The lowest BCUT2D eigenvalue weighted by molar-refractivity contribution is 0.309. The van der Waals surface area contributed by atoms with Gasteiger partial charge in [0.25, 0.3) is 0 Å². The van der Waals surface area contributed by atoms with Gasteiger partial charge in [0, 0.05) is 5.41 Å². The smallest absolute Gasteiger partial charge is 0.0666 e. The fourth-order valence-electron chi connectivity index (χ4n) is 1.28. The standard InChI is InChI=1S/C12H23NO/c1-6-7-8-9-11(13-14)12(4,5)10(2)3/h14H,2,6-9H2,1,3-5H3. The molecule has 0 amide bonds. The van der Waals surface area contributed by atoms with Crippen LogP contribution in [-0.2, 0) is 0 Å². The van der Waals surface area contributed by atoms with Crippen molar-refractivity contribution in [1.29, 1.82) is 0 Å². The molecule has 0 aromatic carbocycles. The fraction of sp³-hybridized carbons (Fsp3) is 0.750. The molecule has 2 heteroatoms. The summed E-state index contributed by atoms with van der Waals surface area (Å²) in [4.78, 5) is 0. The molecule has 0 aromatic rings. The lowest BCUT2D eigenvalue weighted by Gasteiger charge is -2.26. The second kappa shape index (κ2) is 5.84. The van der Waals surface area contributed by atoms with Crippen LogP contribution in [0, 0.1) is 5.41 Å². The summed E-state index contributed by atoms with van der Waals surface area (Å²) in [5.74, 6) is 0. The first-order valence-electron chi connectivity index (χ1n) is 5.34. The zero-order chi connectivity index (χ0) is 11.2. The molecule has 0 radical (unpaired) electrons. The van der Waals surface area contributed by atoms with Crippen LogP contribution in [0.3, 0.4) is 0 Å². The molecular weight excluding hydrogens is 174 g/mol. The minimum Gasteiger partial charge on any atom is -0.411 e. The SMILES string of the molecule is C=C(C)C(C)(C)C(CCCCC)=NO. The van der Waals surface area contributed by atoms with E-state index in [1.54, 1.807) is 0 Å². The number of allylic oxidation sites excluding steroid dienone is 1. The van der Waals surface area contributed by atoms with Gasteiger partial charge in [0.15, 0.2) is 0 Å². The molecule has 0 unspecified atom stereocenters. The van der Waals surface area contributed by atoms with Crippen molar-refractivity contribution < 1.29 is 5.21 Å². The normalized spacial score (nSPS) is 13.0. The molecule has 0 spiro atoms. The zero-order valence-electron chi connectivity index (χ0n) is 9.93. The first kappa shape index (κ1) is 13.2. The molecule has 0 saturated carbocycles. The minimum absolute atomic E-state index is 0.178. The first-order valence-corrected chi connectivity index (χ1v) is 5.34. The van der Waals surface area contributed by atoms with E-state index in [0.717, 1.165) is 24.1 Å². The third-order valence-corrected chi connectivity index (χ3v) is 2.93. The summed E-state index contributed by atoms with van der Waals surface area (Å²) in [5, 5.41) is 12.4. The molecule has 0 fully saturated rings. The Hall–Kier alpha value is -0.790. The predicted molar refractivity (Wildman–Crippen MR) is 62.0 cm³/mol. The zero-order valence-corrected chi connectivity index (χ0v) is 9.93. The van der Waals surface area contributed by atoms with Gasteiger partial charge in [0.2, 0.25) is 0 Å². The Morgan fingerprint density at radius 3 is 2.29 bits per heavy atom. The summed E-state index contributed by atoms with van der Waals surface area (Å²) in [5.41, 5.74) is 1.71. The van der Waals surface area contributed by atoms with Gasteiger partial charge in [-0.05, 0) is 19.8 Å². The number of unbranched alkanes of at least 4 members (excludes halogenated alkanes) is 2. The number of hydrogen-bond donors (Lipinski definition) is 1. The van der Waals surface area contributed by atoms with E-state index in [2.05, 4.69) is 32.5 Å². The summed E-state index contributed by atoms with van der Waals surface area (Å²) in [6.07, 6.45) is 4.33. The first-order chi connectivity index (χ1) is 6.46. The van der Waals surface area contributed by atoms with E-state index in [9.17, 15) is 0 Å². The largest absolute Gasteiger partial charge is 0.411 e. The summed E-state index contributed by atoms with van der Waals surface area (Å²) < 4.78 is 0. The summed E-state index contributed by atoms with van der Waals surface area (Å²) >= 11 is 0. The minimum atomic E-state index is -0.178. The third kappa shape index (κ3) is 3.52. The highest BCUT2D eigenvalue weighted by molar-refractivity contribution is 5.91. The highest BCUT2D eigenvalue weighted by Gasteiger charge is 2.25. The number of oxime groups is 1. The maximum atomic E-state index is 8.96. The van der Waals surface area contributed by atoms with Crippen molar-refractivity contribution in [3.8, 4) is 0 Å². The van der Waals surface area contributed by atoms with E-state index >= 15 is 0 Å². The Labute approximate surface area is 87.7 Å². The molecule has 0 bridgehead atoms. The second-order valence-electron chi connectivity index (χ2n) is 4.41. The van der Waals surface area contributed by atoms with Gasteiger partial charge in [-0.3, -0.25) is 0 Å². The van der Waals surface area contributed by atoms with Crippen LogP contribution in [0.4, 0.5) is 0 Å². The molecule has 0 heterocycles. The van der Waals surface area contributed by atoms with Crippen LogP contribution >= 0.6 is 0 Å². The van der Waals surface area contributed by atoms with Crippen molar-refractivity contribution >= 4 is 5.71 Å². The predicted octanol–water partition coefficient (Wildman–Crippen LogP) is 4.00. The van der Waals surface area contributed by atoms with Gasteiger partial charge >= 0.3 is 0 Å². The number of rotatable bonds is 6. The Morgan fingerprint density at radius 2 is 1.93 bits per heavy atom. The van der Waals surface area contributed by atoms with E-state index < -0.39 is 0 Å². The van der Waals surface area contributed by atoms with Crippen molar-refractivity contribution in [1.82, 2.24) is 0 Å². The summed E-state index contributed by atoms with van der Waals surface area (Å²) in [6, 6.07) is 0. The fourth-order valence-corrected chi connectivity index (χ4v) is 1.28. The van der Waals surface area contributed by atoms with Crippen molar-refractivity contribution in [2.45, 2.75) is 53.4 Å². The molecule has 1 N–H and O–H groups in total. The number of nitrogens with zero attached hydrogens (tertiary/aromatic N) is 1. The van der Waals surface area contributed by atoms with Crippen LogP contribution < -0.4 is 0 Å². The molecule has 0 aromatic heterocycles. The highest BCUT2D eigenvalue weighted by Crippen LogP contribution is 2.28. The van der Waals surface area contributed by atoms with E-state index in [0.29, 0.717) is 0 Å². The van der Waals surface area contributed by atoms with E-state index in [4.69, 9.17) is 5.21 Å². The lowest BCUT2D eigenvalue weighted by Crippen LogP contribution is -2.25. The van der Waals surface area contributed by atoms with Crippen molar-refractivity contribution in [2.75, 3.05) is 0 Å². The van der Waals surface area contributed by atoms with Gasteiger partial charge in [-0.1, -0.05) is 50.9 Å². The van der Waals surface area contributed by atoms with Gasteiger partial charge < -0.3 is 5.21 Å². The summed E-state index contributed by atoms with van der Waals surface area (Å²) in [6.45, 7) is 12.2. The second-order valence-corrected chi connectivity index (χ2v) is 4.41. The Morgan fingerprint density at radius 1 is 1.36 bits per heavy atom. The highest BCUT2D eigenvalue weighted by atomic mass is 16.4. The van der Waals surface area contributed by atoms with E-state index in [1.807, 2.05) is 6.92 Å². The molecule has 0 aliphatic rings. The van der Waals surface area contributed by atoms with E-state index in [-0.39, 0.29) is 5.41 Å². The van der Waals surface area contributed by atoms with Crippen LogP contribution in [0.15, 0.2) is 17.3 Å². The van der Waals surface area contributed by atoms with Crippen LogP contribution in [0.1, 0.15) is 53.4 Å². The molecule has 0 aliphatic carbocycles. The van der Waals surface area contributed by atoms with Crippen LogP contribution in [0.25, 0.3) is 0 Å². The van der Waals surface area contributed by atoms with Crippen molar-refractivity contribution in [3.05, 3.63) is 12.2 Å². The molecule has 0 atom stereocenters. The Kier molecular flexibility index (Phi) is 5.51. The molecule has 0 saturated heterocycles. The maximum absolute atomic E-state index is 8.96. The van der Waals surface area contributed by atoms with Gasteiger partial charge in [0.1, 0.15) is 0 Å². The van der Waals surface area contributed by atoms with Crippen molar-refractivity contribution in [3.63, 3.8) is 0 Å². The molecule has 2 nitrogen and oxygen atoms in total. The molecule has 14 heavy (non-hydrogen) atoms. The average Bonchev–Trinajstić information content (AvgIpc) is 2.12. The molecular formula is C12H23NO. The Bertz CT molecular complexity index is 216. The maximum Gasteiger partial charge on any atom is 0.0666 e. The quantitative estimate of drug-likeness (QED) is 0.225. The molecule has 82 valence electrons. The van der Waals surface area contributed by atoms with E-state index in [1.165, 1.54) is 12.8 Å². The van der Waals surface area contributed by atoms with Crippen LogP contribution in [0.2, 0.25) is 0 Å². The van der Waals surface area contributed by atoms with Crippen LogP contribution in [0.5, 0.6) is 0 Å². The Balaban J connectivity index is 4.35. The van der Waals surface area contributed by atoms with Gasteiger partial charge in [-0.25, -0.2) is 0 Å². The summed E-state index contributed by atoms with van der Waals surface area (Å²) in [7, 11) is 0. The average molecular weight is 197 g/mol. The van der Waals surface area contributed by atoms with Gasteiger partial charge in [-0.15, -0.1) is 0 Å². The van der Waals surface area contributed by atoms with Gasteiger partial charge in [0.05, 0.1) is 5.71 Å². The molecule has 0 aliphatic heterocycles. The monoisotopic (exact) mass is 197 g/mol. The molecule has 0 rings (SSSR count). The third-order valence-electron chi connectivity index (χ3n) is 2.93. The topological polar surface area (TPSA) is 32.6 Å².